The number of H-pyrrole nitrogens is 6. The van der Waals surface area contributed by atoms with Gasteiger partial charge in [-0.05, 0) is 26.1 Å². The van der Waals surface area contributed by atoms with Gasteiger partial charge in [0.05, 0.1) is 43.7 Å². The molecule has 23 nitrogen and oxygen atoms in total. The maximum atomic E-state index is 14.4. The van der Waals surface area contributed by atoms with Gasteiger partial charge in [-0.1, -0.05) is 0 Å². The highest BCUT2D eigenvalue weighted by Gasteiger charge is 2.34. The molecule has 6 unspecified atom stereocenters. The van der Waals surface area contributed by atoms with E-state index in [0.717, 1.165) is 0 Å². The molecule has 6 heterocycles. The minimum Gasteiger partial charge on any atom is -0.365 e. The summed E-state index contributed by atoms with van der Waals surface area (Å²) in [5.74, 6) is -3.62. The quantitative estimate of drug-likeness (QED) is 0.0314. The van der Waals surface area contributed by atoms with E-state index in [1.807, 2.05) is 0 Å². The van der Waals surface area contributed by atoms with Crippen LogP contribution < -0.4 is 31.9 Å². The van der Waals surface area contributed by atoms with Crippen molar-refractivity contribution in [3.63, 3.8) is 0 Å². The van der Waals surface area contributed by atoms with Gasteiger partial charge in [-0.15, -0.1) is 0 Å². The number of nitrogens with one attached hydrogen (secondary N) is 12. The zero-order chi connectivity index (χ0) is 43.8. The fraction of sp³-hybridized carbons (Fsp3) is 0.359. The lowest BCUT2D eigenvalue weighted by atomic mass is 10.0. The number of aromatic nitrogens is 11. The van der Waals surface area contributed by atoms with Crippen molar-refractivity contribution in [2.75, 3.05) is 7.05 Å². The normalized spacial score (nSPS) is 14.1. The lowest BCUT2D eigenvalue weighted by Crippen LogP contribution is -2.60. The van der Waals surface area contributed by atoms with Gasteiger partial charge in [-0.3, -0.25) is 28.8 Å². The van der Waals surface area contributed by atoms with E-state index in [-0.39, 0.29) is 44.3 Å². The van der Waals surface area contributed by atoms with Gasteiger partial charge in [-0.2, -0.15) is 0 Å². The smallest absolute Gasteiger partial charge is 0.243 e. The Morgan fingerprint density at radius 2 is 0.726 bits per heavy atom. The highest BCUT2D eigenvalue weighted by molar-refractivity contribution is 5.97. The Kier molecular flexibility index (Phi) is 15.2. The number of ketones is 1. The molecule has 6 aromatic heterocycles. The average Bonchev–Trinajstić information content (AvgIpc) is 4.11. The number of carbonyl (C=O) groups excluding carboxylic acids is 6. The summed E-state index contributed by atoms with van der Waals surface area (Å²) in [6, 6.07) is -3.20. The Balaban J connectivity index is 1.22. The zero-order valence-electron chi connectivity index (χ0n) is 33.9. The van der Waals surface area contributed by atoms with Crippen molar-refractivity contribution in [3.8, 4) is 0 Å². The molecule has 12 N–H and O–H groups in total. The molecule has 0 radical (unpaired) electrons. The van der Waals surface area contributed by atoms with Gasteiger partial charge in [0, 0.05) is 110 Å². The molecule has 0 saturated carbocycles. The van der Waals surface area contributed by atoms with Crippen molar-refractivity contribution in [2.45, 2.75) is 81.7 Å². The minimum absolute atomic E-state index is 0.00587. The number of carbonyl (C=O) groups is 6. The molecule has 5 amide bonds. The number of hydrogen-bond acceptors (Lipinski definition) is 12. The first kappa shape index (κ1) is 43.9. The standard InChI is InChI=1S/C39H49N17O6/c1-22(57)29(7-24-12-41-17-47-24)52-36(59)32(9-26-14-43-19-49-26)55-39(62)34(11-28-16-45-21-51-28)56-37(60)31(6-23-4-3-5-46-23)54-38(61)33(10-27-15-44-20-50-27)53-35(58)30(40-2)8-25-13-42-18-48-25/h3-5,12-21,29-34,40,46H,6-11H2,1-2H3,(H,41,47)(H,42,48)(H,43,49)(H,44,50)(H,45,51)(H,52,59)(H,53,58)(H,54,61)(H,55,62)(H,56,60). The van der Waals surface area contributed by atoms with E-state index in [9.17, 15) is 28.8 Å². The molecule has 326 valence electrons. The molecule has 0 aromatic carbocycles. The third-order valence-electron chi connectivity index (χ3n) is 9.98. The van der Waals surface area contributed by atoms with Gasteiger partial charge in [-0.25, -0.2) is 24.9 Å². The Labute approximate surface area is 354 Å². The number of nitrogens with zero attached hydrogens (tertiary/aromatic N) is 5. The first-order chi connectivity index (χ1) is 30.0. The molecule has 0 saturated heterocycles. The Bertz CT molecular complexity index is 2290. The topological polar surface area (TPSA) is 334 Å². The summed E-state index contributed by atoms with van der Waals surface area (Å²) >= 11 is 0. The molecule has 0 aliphatic heterocycles. The summed E-state index contributed by atoms with van der Waals surface area (Å²) in [6.07, 6.45) is 16.8. The van der Waals surface area contributed by atoms with E-state index in [2.05, 4.69) is 86.7 Å². The summed E-state index contributed by atoms with van der Waals surface area (Å²) in [6.45, 7) is 1.34. The number of Topliss-reactive ketones (excluding diaryl/α,β-unsaturated/α-hetero) is 1. The van der Waals surface area contributed by atoms with Crippen LogP contribution in [0.5, 0.6) is 0 Å². The van der Waals surface area contributed by atoms with Crippen LogP contribution in [0.2, 0.25) is 0 Å². The van der Waals surface area contributed by atoms with Gasteiger partial charge in [0.25, 0.3) is 0 Å². The van der Waals surface area contributed by atoms with Crippen LogP contribution in [-0.4, -0.2) is 133 Å². The van der Waals surface area contributed by atoms with Crippen LogP contribution >= 0.6 is 0 Å². The third-order valence-corrected chi connectivity index (χ3v) is 9.98. The molecule has 6 rings (SSSR count). The predicted molar refractivity (Wildman–Crippen MR) is 219 cm³/mol. The Morgan fingerprint density at radius 3 is 1.00 bits per heavy atom. The fourth-order valence-electron chi connectivity index (χ4n) is 6.62. The maximum Gasteiger partial charge on any atom is 0.243 e. The maximum absolute atomic E-state index is 14.4. The predicted octanol–water partition coefficient (Wildman–Crippen LogP) is -2.01. The number of rotatable bonds is 24. The summed E-state index contributed by atoms with van der Waals surface area (Å²) in [5.41, 5.74) is 3.45. The monoisotopic (exact) mass is 851 g/mol. The number of hydrogen-bond donors (Lipinski definition) is 12. The van der Waals surface area contributed by atoms with Crippen LogP contribution in [0, 0.1) is 0 Å². The molecule has 6 aromatic rings. The molecule has 62 heavy (non-hydrogen) atoms. The molecule has 6 atom stereocenters. The van der Waals surface area contributed by atoms with E-state index in [0.29, 0.717) is 34.2 Å². The molecule has 0 aliphatic carbocycles. The van der Waals surface area contributed by atoms with Crippen molar-refractivity contribution < 1.29 is 28.8 Å². The van der Waals surface area contributed by atoms with Crippen LogP contribution in [0.3, 0.4) is 0 Å². The minimum atomic E-state index is -1.31. The Morgan fingerprint density at radius 1 is 0.435 bits per heavy atom. The van der Waals surface area contributed by atoms with Gasteiger partial charge in [0.2, 0.25) is 29.5 Å². The lowest BCUT2D eigenvalue weighted by molar-refractivity contribution is -0.135. The molecular weight excluding hydrogens is 803 g/mol. The van der Waals surface area contributed by atoms with E-state index in [1.54, 1.807) is 37.8 Å². The van der Waals surface area contributed by atoms with Crippen molar-refractivity contribution in [1.29, 1.82) is 0 Å². The summed E-state index contributed by atoms with van der Waals surface area (Å²) in [5, 5.41) is 16.8. The van der Waals surface area contributed by atoms with Gasteiger partial charge >= 0.3 is 0 Å². The van der Waals surface area contributed by atoms with E-state index in [1.165, 1.54) is 57.2 Å². The second-order valence-corrected chi connectivity index (χ2v) is 14.6. The van der Waals surface area contributed by atoms with E-state index >= 15 is 0 Å². The fourth-order valence-corrected chi connectivity index (χ4v) is 6.62. The molecular formula is C39H49N17O6. The van der Waals surface area contributed by atoms with Crippen molar-refractivity contribution >= 4 is 35.3 Å². The third kappa shape index (κ3) is 12.7. The summed E-state index contributed by atoms with van der Waals surface area (Å²) in [7, 11) is 1.62. The summed E-state index contributed by atoms with van der Waals surface area (Å²) < 4.78 is 0. The number of aromatic amines is 6. The molecule has 0 spiro atoms. The highest BCUT2D eigenvalue weighted by Crippen LogP contribution is 2.09. The average molecular weight is 852 g/mol. The first-order valence-corrected chi connectivity index (χ1v) is 19.7. The van der Waals surface area contributed by atoms with Crippen molar-refractivity contribution in [3.05, 3.63) is 115 Å². The zero-order valence-corrected chi connectivity index (χ0v) is 33.9. The molecule has 0 bridgehead atoms. The summed E-state index contributed by atoms with van der Waals surface area (Å²) in [4.78, 5) is 121. The van der Waals surface area contributed by atoms with Gasteiger partial charge < -0.3 is 61.8 Å². The second kappa shape index (κ2) is 21.5. The van der Waals surface area contributed by atoms with Crippen LogP contribution in [-0.2, 0) is 67.3 Å². The number of amides is 5. The molecule has 0 fully saturated rings. The lowest BCUT2D eigenvalue weighted by Gasteiger charge is -2.27. The van der Waals surface area contributed by atoms with E-state index in [4.69, 9.17) is 0 Å². The van der Waals surface area contributed by atoms with Gasteiger partial charge in [0.1, 0.15) is 24.2 Å². The molecule has 23 heteroatoms. The second-order valence-electron chi connectivity index (χ2n) is 14.6. The van der Waals surface area contributed by atoms with Crippen LogP contribution in [0.1, 0.15) is 41.1 Å². The largest absolute Gasteiger partial charge is 0.365 e. The van der Waals surface area contributed by atoms with Crippen molar-refractivity contribution in [2.24, 2.45) is 0 Å². The first-order valence-electron chi connectivity index (χ1n) is 19.7. The highest BCUT2D eigenvalue weighted by atomic mass is 16.2. The van der Waals surface area contributed by atoms with Crippen molar-refractivity contribution in [1.82, 2.24) is 86.7 Å². The van der Waals surface area contributed by atoms with Gasteiger partial charge in [0.15, 0.2) is 5.78 Å². The number of likely N-dealkylation sites (N-methyl/N-ethyl adjacent to an activating group) is 1. The van der Waals surface area contributed by atoms with E-state index < -0.39 is 65.8 Å². The SMILES string of the molecule is CNC(Cc1cnc[nH]1)C(=O)NC(Cc1cnc[nH]1)C(=O)NC(Cc1ccc[nH]1)C(=O)NC(Cc1cnc[nH]1)C(=O)NC(Cc1cnc[nH]1)C(=O)NC(Cc1cnc[nH]1)C(C)=O. The number of imidazole rings is 5. The van der Waals surface area contributed by atoms with Crippen LogP contribution in [0.4, 0.5) is 0 Å². The Hall–Kier alpha value is -7.69. The van der Waals surface area contributed by atoms with Crippen LogP contribution in [0.25, 0.3) is 0 Å². The molecule has 0 aliphatic rings. The van der Waals surface area contributed by atoms with Crippen LogP contribution in [0.15, 0.2) is 81.0 Å².